The summed E-state index contributed by atoms with van der Waals surface area (Å²) in [5.74, 6) is -0.561. The molecule has 0 aromatic heterocycles. The van der Waals surface area contributed by atoms with Crippen molar-refractivity contribution in [3.05, 3.63) is 0 Å². The fourth-order valence-electron chi connectivity index (χ4n) is 4.12. The predicted molar refractivity (Wildman–Crippen MR) is 69.6 cm³/mol. The third kappa shape index (κ3) is 2.16. The van der Waals surface area contributed by atoms with Crippen LogP contribution in [0.4, 0.5) is 0 Å². The molecule has 1 unspecified atom stereocenters. The maximum absolute atomic E-state index is 11.6. The number of carboxylic acids is 1. The lowest BCUT2D eigenvalue weighted by molar-refractivity contribution is -0.150. The molecule has 1 aliphatic carbocycles. The molecule has 1 N–H and O–H groups in total. The first kappa shape index (κ1) is 12.4. The van der Waals surface area contributed by atoms with E-state index in [-0.39, 0.29) is 0 Å². The Morgan fingerprint density at radius 3 is 2.67 bits per heavy atom. The molecule has 0 radical (unpaired) electrons. The van der Waals surface area contributed by atoms with E-state index in [9.17, 15) is 9.90 Å². The summed E-state index contributed by atoms with van der Waals surface area (Å²) >= 11 is 0. The summed E-state index contributed by atoms with van der Waals surface area (Å²) < 4.78 is 0. The third-order valence-corrected chi connectivity index (χ3v) is 5.21. The predicted octanol–water partition coefficient (Wildman–Crippen LogP) is 1.41. The van der Waals surface area contributed by atoms with Gasteiger partial charge in [-0.15, -0.1) is 0 Å². The third-order valence-electron chi connectivity index (χ3n) is 5.21. The zero-order chi connectivity index (χ0) is 12.6. The average molecular weight is 252 g/mol. The zero-order valence-corrected chi connectivity index (χ0v) is 11.1. The topological polar surface area (TPSA) is 43.8 Å². The summed E-state index contributed by atoms with van der Waals surface area (Å²) in [5, 5.41) is 9.54. The fraction of sp³-hybridized carbons (Fsp3) is 0.929. The van der Waals surface area contributed by atoms with Gasteiger partial charge in [0.2, 0.25) is 0 Å². The van der Waals surface area contributed by atoms with Gasteiger partial charge >= 0.3 is 5.97 Å². The molecule has 4 nitrogen and oxygen atoms in total. The SMILES string of the molecule is O=C(O)C1(CN2CCN3CCCC3C2)CCCC1. The number of aliphatic carboxylic acids is 1. The van der Waals surface area contributed by atoms with Gasteiger partial charge in [-0.3, -0.25) is 14.6 Å². The largest absolute Gasteiger partial charge is 0.481 e. The van der Waals surface area contributed by atoms with Crippen LogP contribution in [-0.2, 0) is 4.79 Å². The van der Waals surface area contributed by atoms with Crippen molar-refractivity contribution in [2.24, 2.45) is 5.41 Å². The molecule has 3 fully saturated rings. The molecule has 2 heterocycles. The Morgan fingerprint density at radius 1 is 1.17 bits per heavy atom. The van der Waals surface area contributed by atoms with Crippen molar-refractivity contribution in [3.63, 3.8) is 0 Å². The lowest BCUT2D eigenvalue weighted by atomic mass is 9.85. The highest BCUT2D eigenvalue weighted by molar-refractivity contribution is 5.75. The summed E-state index contributed by atoms with van der Waals surface area (Å²) in [4.78, 5) is 16.6. The normalized spacial score (nSPS) is 32.6. The number of carboxylic acid groups (broad SMARTS) is 1. The molecule has 1 saturated carbocycles. The van der Waals surface area contributed by atoms with Crippen molar-refractivity contribution in [1.29, 1.82) is 0 Å². The van der Waals surface area contributed by atoms with Crippen LogP contribution in [0.25, 0.3) is 0 Å². The van der Waals surface area contributed by atoms with Crippen LogP contribution in [0.2, 0.25) is 0 Å². The molecule has 4 heteroatoms. The van der Waals surface area contributed by atoms with Crippen molar-refractivity contribution in [2.45, 2.75) is 44.6 Å². The molecular weight excluding hydrogens is 228 g/mol. The Bertz CT molecular complexity index is 326. The molecule has 3 rings (SSSR count). The van der Waals surface area contributed by atoms with Crippen molar-refractivity contribution in [3.8, 4) is 0 Å². The zero-order valence-electron chi connectivity index (χ0n) is 11.1. The number of hydrogen-bond donors (Lipinski definition) is 1. The van der Waals surface area contributed by atoms with E-state index in [1.807, 2.05) is 0 Å². The monoisotopic (exact) mass is 252 g/mol. The second-order valence-corrected chi connectivity index (χ2v) is 6.36. The number of rotatable bonds is 3. The van der Waals surface area contributed by atoms with Gasteiger partial charge in [-0.2, -0.15) is 0 Å². The van der Waals surface area contributed by atoms with E-state index in [1.54, 1.807) is 0 Å². The quantitative estimate of drug-likeness (QED) is 0.825. The minimum Gasteiger partial charge on any atom is -0.481 e. The molecule has 102 valence electrons. The molecule has 0 aromatic carbocycles. The first-order valence-corrected chi connectivity index (χ1v) is 7.39. The first-order valence-electron chi connectivity index (χ1n) is 7.39. The Morgan fingerprint density at radius 2 is 1.94 bits per heavy atom. The maximum Gasteiger partial charge on any atom is 0.310 e. The van der Waals surface area contributed by atoms with E-state index < -0.39 is 11.4 Å². The van der Waals surface area contributed by atoms with E-state index in [4.69, 9.17) is 0 Å². The van der Waals surface area contributed by atoms with Crippen LogP contribution >= 0.6 is 0 Å². The van der Waals surface area contributed by atoms with Crippen LogP contribution in [0.5, 0.6) is 0 Å². The number of nitrogens with zero attached hydrogens (tertiary/aromatic N) is 2. The summed E-state index contributed by atoms with van der Waals surface area (Å²) in [7, 11) is 0. The smallest absolute Gasteiger partial charge is 0.310 e. The minimum atomic E-state index is -0.561. The van der Waals surface area contributed by atoms with Gasteiger partial charge in [0.25, 0.3) is 0 Å². The summed E-state index contributed by atoms with van der Waals surface area (Å²) in [6, 6.07) is 0.700. The second-order valence-electron chi connectivity index (χ2n) is 6.36. The molecule has 0 amide bonds. The highest BCUT2D eigenvalue weighted by Crippen LogP contribution is 2.39. The van der Waals surface area contributed by atoms with Crippen molar-refractivity contribution < 1.29 is 9.90 Å². The van der Waals surface area contributed by atoms with Crippen molar-refractivity contribution in [1.82, 2.24) is 9.80 Å². The van der Waals surface area contributed by atoms with E-state index in [2.05, 4.69) is 9.80 Å². The highest BCUT2D eigenvalue weighted by atomic mass is 16.4. The van der Waals surface area contributed by atoms with Crippen LogP contribution in [-0.4, -0.2) is 59.6 Å². The molecule has 18 heavy (non-hydrogen) atoms. The summed E-state index contributed by atoms with van der Waals surface area (Å²) in [5.41, 5.74) is -0.430. The minimum absolute atomic E-state index is 0.430. The van der Waals surface area contributed by atoms with Gasteiger partial charge < -0.3 is 5.11 Å². The van der Waals surface area contributed by atoms with E-state index >= 15 is 0 Å². The standard InChI is InChI=1S/C14H24N2O2/c17-13(18)14(5-1-2-6-14)11-15-8-9-16-7-3-4-12(16)10-15/h12H,1-11H2,(H,17,18). The van der Waals surface area contributed by atoms with E-state index in [0.717, 1.165) is 51.9 Å². The first-order chi connectivity index (χ1) is 8.70. The second kappa shape index (κ2) is 4.82. The fourth-order valence-corrected chi connectivity index (χ4v) is 4.12. The van der Waals surface area contributed by atoms with Gasteiger partial charge in [-0.05, 0) is 32.2 Å². The van der Waals surface area contributed by atoms with Gasteiger partial charge in [-0.1, -0.05) is 12.8 Å². The molecular formula is C14H24N2O2. The molecule has 0 aromatic rings. The van der Waals surface area contributed by atoms with E-state index in [1.165, 1.54) is 19.4 Å². The molecule has 0 bridgehead atoms. The lowest BCUT2D eigenvalue weighted by Crippen LogP contribution is -2.53. The highest BCUT2D eigenvalue weighted by Gasteiger charge is 2.43. The van der Waals surface area contributed by atoms with Crippen molar-refractivity contribution >= 4 is 5.97 Å². The van der Waals surface area contributed by atoms with Crippen LogP contribution in [0, 0.1) is 5.41 Å². The molecule has 2 aliphatic heterocycles. The molecule has 1 atom stereocenters. The summed E-state index contributed by atoms with van der Waals surface area (Å²) in [6.07, 6.45) is 6.57. The van der Waals surface area contributed by atoms with Crippen LogP contribution in [0.15, 0.2) is 0 Å². The van der Waals surface area contributed by atoms with Crippen molar-refractivity contribution in [2.75, 3.05) is 32.7 Å². The number of hydrogen-bond acceptors (Lipinski definition) is 3. The lowest BCUT2D eigenvalue weighted by Gasteiger charge is -2.40. The number of carbonyl (C=O) groups is 1. The van der Waals surface area contributed by atoms with Gasteiger partial charge in [0.05, 0.1) is 5.41 Å². The van der Waals surface area contributed by atoms with E-state index in [0.29, 0.717) is 6.04 Å². The van der Waals surface area contributed by atoms with Gasteiger partial charge in [-0.25, -0.2) is 0 Å². The number of piperazine rings is 1. The molecule has 2 saturated heterocycles. The Kier molecular flexibility index (Phi) is 3.32. The van der Waals surface area contributed by atoms with Gasteiger partial charge in [0.1, 0.15) is 0 Å². The van der Waals surface area contributed by atoms with Crippen LogP contribution < -0.4 is 0 Å². The Balaban J connectivity index is 1.63. The Labute approximate surface area is 109 Å². The molecule has 3 aliphatic rings. The van der Waals surface area contributed by atoms with Gasteiger partial charge in [0.15, 0.2) is 0 Å². The Hall–Kier alpha value is -0.610. The van der Waals surface area contributed by atoms with Crippen LogP contribution in [0.1, 0.15) is 38.5 Å². The van der Waals surface area contributed by atoms with Crippen LogP contribution in [0.3, 0.4) is 0 Å². The summed E-state index contributed by atoms with van der Waals surface area (Å²) in [6.45, 7) is 5.33. The number of fused-ring (bicyclic) bond motifs is 1. The maximum atomic E-state index is 11.6. The average Bonchev–Trinajstić information content (AvgIpc) is 2.97. The van der Waals surface area contributed by atoms with Gasteiger partial charge in [0, 0.05) is 32.2 Å². The molecule has 0 spiro atoms.